The summed E-state index contributed by atoms with van der Waals surface area (Å²) < 4.78 is 0. The second-order valence-corrected chi connectivity index (χ2v) is 3.94. The van der Waals surface area contributed by atoms with Crippen LogP contribution in [0, 0.1) is 0 Å². The molecule has 19 heavy (non-hydrogen) atoms. The fourth-order valence-corrected chi connectivity index (χ4v) is 1.91. The van der Waals surface area contributed by atoms with Crippen LogP contribution in [0.4, 0.5) is 11.4 Å². The van der Waals surface area contributed by atoms with Crippen molar-refractivity contribution < 1.29 is 4.79 Å². The van der Waals surface area contributed by atoms with E-state index < -0.39 is 0 Å². The van der Waals surface area contributed by atoms with Crippen LogP contribution < -0.4 is 16.2 Å². The second-order valence-electron chi connectivity index (χ2n) is 3.94. The van der Waals surface area contributed by atoms with Crippen molar-refractivity contribution in [2.24, 2.45) is 5.84 Å². The number of carbonyl (C=O) groups is 1. The van der Waals surface area contributed by atoms with E-state index in [9.17, 15) is 4.79 Å². The number of hydrazine groups is 1. The van der Waals surface area contributed by atoms with Gasteiger partial charge in [-0.3, -0.25) is 15.6 Å². The first-order chi connectivity index (χ1) is 9.27. The lowest BCUT2D eigenvalue weighted by Gasteiger charge is -2.22. The molecule has 0 bridgehead atoms. The summed E-state index contributed by atoms with van der Waals surface area (Å²) in [6.45, 7) is 2.50. The van der Waals surface area contributed by atoms with E-state index >= 15 is 0 Å². The van der Waals surface area contributed by atoms with Crippen molar-refractivity contribution in [3.05, 3.63) is 54.4 Å². The number of benzene rings is 1. The Hall–Kier alpha value is -2.40. The molecule has 1 aromatic carbocycles. The third-order valence-corrected chi connectivity index (χ3v) is 2.85. The summed E-state index contributed by atoms with van der Waals surface area (Å²) in [5.74, 6) is 5.34. The van der Waals surface area contributed by atoms with Crippen LogP contribution in [0.3, 0.4) is 0 Å². The van der Waals surface area contributed by atoms with E-state index in [1.807, 2.05) is 19.1 Å². The molecule has 0 radical (unpaired) electrons. The van der Waals surface area contributed by atoms with Crippen molar-refractivity contribution >= 4 is 17.3 Å². The Bertz CT molecular complexity index is 556. The monoisotopic (exact) mass is 256 g/mol. The van der Waals surface area contributed by atoms with Gasteiger partial charge in [-0.25, -0.2) is 0 Å². The molecule has 0 aliphatic carbocycles. The van der Waals surface area contributed by atoms with Crippen LogP contribution in [0.2, 0.25) is 0 Å². The van der Waals surface area contributed by atoms with Gasteiger partial charge in [0.1, 0.15) is 0 Å². The van der Waals surface area contributed by atoms with Gasteiger partial charge in [-0.05, 0) is 31.2 Å². The molecule has 1 aromatic heterocycles. The molecule has 0 saturated carbocycles. The minimum Gasteiger partial charge on any atom is -0.323 e. The fraction of sp³-hybridized carbons (Fsp3) is 0.143. The van der Waals surface area contributed by atoms with Crippen molar-refractivity contribution in [1.82, 2.24) is 4.98 Å². The molecule has 0 aliphatic rings. The van der Waals surface area contributed by atoms with Crippen molar-refractivity contribution in [2.45, 2.75) is 6.92 Å². The van der Waals surface area contributed by atoms with Crippen LogP contribution in [-0.2, 0) is 0 Å². The quantitative estimate of drug-likeness (QED) is 0.648. The molecule has 0 atom stereocenters. The van der Waals surface area contributed by atoms with Crippen LogP contribution in [-0.4, -0.2) is 17.4 Å². The van der Waals surface area contributed by atoms with Crippen LogP contribution >= 0.6 is 0 Å². The molecule has 1 heterocycles. The van der Waals surface area contributed by atoms with Gasteiger partial charge in [-0.2, -0.15) is 0 Å². The number of nitrogens with two attached hydrogens (primary N) is 1. The van der Waals surface area contributed by atoms with Crippen molar-refractivity contribution in [1.29, 1.82) is 0 Å². The summed E-state index contributed by atoms with van der Waals surface area (Å²) in [6.07, 6.45) is 3.33. The molecule has 2 aromatic rings. The Balaban J connectivity index is 2.36. The van der Waals surface area contributed by atoms with Crippen molar-refractivity contribution in [2.75, 3.05) is 16.9 Å². The number of carbonyl (C=O) groups excluding carboxylic acids is 1. The molecule has 5 nitrogen and oxygen atoms in total. The molecule has 98 valence electrons. The predicted octanol–water partition coefficient (Wildman–Crippen LogP) is 2.03. The maximum Gasteiger partial charge on any atom is 0.260 e. The zero-order chi connectivity index (χ0) is 13.7. The van der Waals surface area contributed by atoms with E-state index in [2.05, 4.69) is 10.4 Å². The van der Waals surface area contributed by atoms with Gasteiger partial charge in [0.05, 0.1) is 11.3 Å². The van der Waals surface area contributed by atoms with Crippen molar-refractivity contribution in [3.8, 4) is 0 Å². The van der Waals surface area contributed by atoms with E-state index in [0.29, 0.717) is 17.8 Å². The average molecular weight is 256 g/mol. The maximum atomic E-state index is 12.6. The zero-order valence-corrected chi connectivity index (χ0v) is 10.7. The highest BCUT2D eigenvalue weighted by atomic mass is 16.2. The van der Waals surface area contributed by atoms with Gasteiger partial charge >= 0.3 is 0 Å². The summed E-state index contributed by atoms with van der Waals surface area (Å²) in [5, 5.41) is 0. The van der Waals surface area contributed by atoms with E-state index in [0.717, 1.165) is 5.69 Å². The Kier molecular flexibility index (Phi) is 4.10. The number of para-hydroxylation sites is 1. The predicted molar refractivity (Wildman–Crippen MR) is 75.8 cm³/mol. The second kappa shape index (κ2) is 5.97. The number of hydrogen-bond acceptors (Lipinski definition) is 4. The van der Waals surface area contributed by atoms with Crippen LogP contribution in [0.25, 0.3) is 0 Å². The third-order valence-electron chi connectivity index (χ3n) is 2.85. The molecule has 0 saturated heterocycles. The number of amides is 1. The number of anilines is 2. The van der Waals surface area contributed by atoms with E-state index in [-0.39, 0.29) is 5.91 Å². The highest BCUT2D eigenvalue weighted by Gasteiger charge is 2.18. The first-order valence-corrected chi connectivity index (χ1v) is 6.05. The van der Waals surface area contributed by atoms with Crippen molar-refractivity contribution in [3.63, 3.8) is 0 Å². The normalized spacial score (nSPS) is 10.0. The fourth-order valence-electron chi connectivity index (χ4n) is 1.91. The number of rotatable bonds is 4. The SMILES string of the molecule is CCN(C(=O)c1ccccc1NN)c1ccncc1. The lowest BCUT2D eigenvalue weighted by atomic mass is 10.1. The van der Waals surface area contributed by atoms with E-state index in [1.54, 1.807) is 41.6 Å². The van der Waals surface area contributed by atoms with Gasteiger partial charge in [0, 0.05) is 24.6 Å². The highest BCUT2D eigenvalue weighted by Crippen LogP contribution is 2.20. The smallest absolute Gasteiger partial charge is 0.260 e. The minimum absolute atomic E-state index is 0.0951. The van der Waals surface area contributed by atoms with Crippen LogP contribution in [0.1, 0.15) is 17.3 Å². The number of aromatic nitrogens is 1. The zero-order valence-electron chi connectivity index (χ0n) is 10.7. The van der Waals surface area contributed by atoms with Gasteiger partial charge in [0.2, 0.25) is 0 Å². The molecule has 0 fully saturated rings. The number of hydrogen-bond donors (Lipinski definition) is 2. The summed E-state index contributed by atoms with van der Waals surface area (Å²) in [5.41, 5.74) is 4.52. The molecule has 0 aliphatic heterocycles. The molecule has 5 heteroatoms. The first kappa shape index (κ1) is 13.0. The molecular weight excluding hydrogens is 240 g/mol. The minimum atomic E-state index is -0.0951. The van der Waals surface area contributed by atoms with Gasteiger partial charge in [0.15, 0.2) is 0 Å². The maximum absolute atomic E-state index is 12.6. The highest BCUT2D eigenvalue weighted by molar-refractivity contribution is 6.09. The molecule has 3 N–H and O–H groups in total. The van der Waals surface area contributed by atoms with Gasteiger partial charge < -0.3 is 10.3 Å². The van der Waals surface area contributed by atoms with E-state index in [4.69, 9.17) is 5.84 Å². The number of nitrogens with zero attached hydrogens (tertiary/aromatic N) is 2. The van der Waals surface area contributed by atoms with Crippen LogP contribution in [0.15, 0.2) is 48.8 Å². The molecule has 0 unspecified atom stereocenters. The Morgan fingerprint density at radius 3 is 2.58 bits per heavy atom. The molecule has 1 amide bonds. The third kappa shape index (κ3) is 2.71. The molecule has 0 spiro atoms. The van der Waals surface area contributed by atoms with E-state index in [1.165, 1.54) is 0 Å². The number of nitrogens with one attached hydrogen (secondary N) is 1. The summed E-state index contributed by atoms with van der Waals surface area (Å²) in [7, 11) is 0. The molecular formula is C14H16N4O. The summed E-state index contributed by atoms with van der Waals surface area (Å²) >= 11 is 0. The van der Waals surface area contributed by atoms with Gasteiger partial charge in [-0.15, -0.1) is 0 Å². The average Bonchev–Trinajstić information content (AvgIpc) is 2.49. The summed E-state index contributed by atoms with van der Waals surface area (Å²) in [6, 6.07) is 10.8. The summed E-state index contributed by atoms with van der Waals surface area (Å²) in [4.78, 5) is 18.2. The topological polar surface area (TPSA) is 71.2 Å². The number of nitrogen functional groups attached to an aromatic ring is 1. The first-order valence-electron chi connectivity index (χ1n) is 6.05. The van der Waals surface area contributed by atoms with Crippen LogP contribution in [0.5, 0.6) is 0 Å². The van der Waals surface area contributed by atoms with Gasteiger partial charge in [0.25, 0.3) is 5.91 Å². The lowest BCUT2D eigenvalue weighted by Crippen LogP contribution is -2.31. The standard InChI is InChI=1S/C14H16N4O/c1-2-18(11-7-9-16-10-8-11)14(19)12-5-3-4-6-13(12)17-15/h3-10,17H,2,15H2,1H3. The Labute approximate surface area is 112 Å². The van der Waals surface area contributed by atoms with Gasteiger partial charge in [-0.1, -0.05) is 12.1 Å². The number of pyridine rings is 1. The largest absolute Gasteiger partial charge is 0.323 e. The lowest BCUT2D eigenvalue weighted by molar-refractivity contribution is 0.0989. The molecule has 2 rings (SSSR count). The Morgan fingerprint density at radius 2 is 1.95 bits per heavy atom. The Morgan fingerprint density at radius 1 is 1.26 bits per heavy atom.